The van der Waals surface area contributed by atoms with E-state index in [4.69, 9.17) is 11.6 Å². The van der Waals surface area contributed by atoms with E-state index in [1.165, 1.54) is 16.2 Å². The van der Waals surface area contributed by atoms with Crippen LogP contribution >= 0.6 is 22.9 Å². The van der Waals surface area contributed by atoms with Crippen LogP contribution in [0.15, 0.2) is 84.4 Å². The van der Waals surface area contributed by atoms with Gasteiger partial charge in [0.25, 0.3) is 5.91 Å². The summed E-state index contributed by atoms with van der Waals surface area (Å²) in [5.41, 5.74) is 3.88. The number of rotatable bonds is 5. The number of fused-ring (bicyclic) bond motifs is 3. The molecule has 178 valence electrons. The molecular weight excluding hydrogens is 496 g/mol. The van der Waals surface area contributed by atoms with Crippen molar-refractivity contribution in [3.8, 4) is 0 Å². The first-order valence-electron chi connectivity index (χ1n) is 11.2. The van der Waals surface area contributed by atoms with Crippen molar-refractivity contribution in [1.82, 2.24) is 19.3 Å². The Labute approximate surface area is 214 Å². The Balaban J connectivity index is 1.48. The van der Waals surface area contributed by atoms with Crippen LogP contribution in [0.2, 0.25) is 5.02 Å². The zero-order valence-corrected chi connectivity index (χ0v) is 20.6. The number of aryl methyl sites for hydroxylation is 1. The molecule has 0 saturated carbocycles. The Morgan fingerprint density at radius 1 is 1.14 bits per heavy atom. The van der Waals surface area contributed by atoms with Gasteiger partial charge >= 0.3 is 0 Å². The summed E-state index contributed by atoms with van der Waals surface area (Å²) in [6.45, 7) is 2.02. The van der Waals surface area contributed by atoms with Crippen molar-refractivity contribution in [2.45, 2.75) is 19.5 Å². The number of halogens is 1. The Morgan fingerprint density at radius 2 is 1.97 bits per heavy atom. The van der Waals surface area contributed by atoms with Gasteiger partial charge in [-0.1, -0.05) is 53.3 Å². The first-order chi connectivity index (χ1) is 17.4. The number of thiazole rings is 1. The third-order valence-corrected chi connectivity index (χ3v) is 7.76. The fourth-order valence-electron chi connectivity index (χ4n) is 4.76. The summed E-state index contributed by atoms with van der Waals surface area (Å²) in [5.74, 6) is -1.57. The summed E-state index contributed by atoms with van der Waals surface area (Å²) in [4.78, 5) is 38.7. The highest BCUT2D eigenvalue weighted by Gasteiger charge is 2.44. The molecule has 0 aliphatic carbocycles. The maximum Gasteiger partial charge on any atom is 0.290 e. The Bertz CT molecular complexity index is 1710. The highest BCUT2D eigenvalue weighted by Crippen LogP contribution is 2.42. The molecule has 0 bridgehead atoms. The third-order valence-electron chi connectivity index (χ3n) is 6.38. The Hall–Kier alpha value is -4.01. The van der Waals surface area contributed by atoms with Crippen LogP contribution in [0, 0.1) is 6.92 Å². The lowest BCUT2D eigenvalue weighted by Crippen LogP contribution is -2.30. The molecule has 0 fully saturated rings. The average molecular weight is 515 g/mol. The molecule has 5 aromatic rings. The summed E-state index contributed by atoms with van der Waals surface area (Å²) in [7, 11) is 0. The van der Waals surface area contributed by atoms with Gasteiger partial charge in [-0.05, 0) is 48.4 Å². The number of imidazole rings is 1. The predicted molar refractivity (Wildman–Crippen MR) is 138 cm³/mol. The average Bonchev–Trinajstić information content (AvgIpc) is 3.49. The second-order valence-corrected chi connectivity index (χ2v) is 9.99. The Kier molecular flexibility index (Phi) is 5.35. The minimum Gasteiger partial charge on any atom is -0.503 e. The van der Waals surface area contributed by atoms with Gasteiger partial charge in [0, 0.05) is 29.7 Å². The molecule has 9 heteroatoms. The van der Waals surface area contributed by atoms with E-state index in [0.717, 1.165) is 16.6 Å². The number of hydrogen-bond acceptors (Lipinski definition) is 6. The van der Waals surface area contributed by atoms with Crippen LogP contribution in [0.3, 0.4) is 0 Å². The topological polar surface area (TPSA) is 87.8 Å². The number of nitrogens with zero attached hydrogens (tertiary/aromatic N) is 4. The smallest absolute Gasteiger partial charge is 0.290 e. The van der Waals surface area contributed by atoms with Gasteiger partial charge in [0.05, 0.1) is 27.5 Å². The van der Waals surface area contributed by atoms with Crippen LogP contribution in [0.1, 0.15) is 32.5 Å². The highest BCUT2D eigenvalue weighted by atomic mass is 35.5. The van der Waals surface area contributed by atoms with Gasteiger partial charge in [-0.15, -0.1) is 0 Å². The molecule has 1 atom stereocenters. The molecule has 1 aliphatic heterocycles. The van der Waals surface area contributed by atoms with E-state index in [9.17, 15) is 14.7 Å². The highest BCUT2D eigenvalue weighted by molar-refractivity contribution is 7.19. The molecular formula is C27H19ClN4O3S. The largest absolute Gasteiger partial charge is 0.503 e. The first kappa shape index (κ1) is 22.5. The van der Waals surface area contributed by atoms with Crippen molar-refractivity contribution in [3.63, 3.8) is 0 Å². The van der Waals surface area contributed by atoms with Gasteiger partial charge in [0.15, 0.2) is 10.7 Å². The van der Waals surface area contributed by atoms with Crippen LogP contribution in [0.5, 0.6) is 0 Å². The maximum absolute atomic E-state index is 14.0. The van der Waals surface area contributed by atoms with Crippen LogP contribution in [0.4, 0.5) is 0 Å². The number of hydrogen-bond donors (Lipinski definition) is 1. The number of Topliss-reactive ketones (excluding diaryl/α,β-unsaturated/α-hetero) is 1. The van der Waals surface area contributed by atoms with Gasteiger partial charge in [-0.2, -0.15) is 0 Å². The van der Waals surface area contributed by atoms with Gasteiger partial charge < -0.3 is 10.0 Å². The fraction of sp³-hybridized carbons (Fsp3) is 0.111. The molecule has 2 aromatic carbocycles. The number of amides is 1. The quantitative estimate of drug-likeness (QED) is 0.305. The van der Waals surface area contributed by atoms with Crippen LogP contribution in [-0.2, 0) is 11.3 Å². The van der Waals surface area contributed by atoms with Crippen molar-refractivity contribution < 1.29 is 14.7 Å². The van der Waals surface area contributed by atoms with E-state index in [1.807, 2.05) is 41.7 Å². The van der Waals surface area contributed by atoms with E-state index < -0.39 is 23.5 Å². The molecule has 36 heavy (non-hydrogen) atoms. The van der Waals surface area contributed by atoms with E-state index >= 15 is 0 Å². The molecule has 1 N–H and O–H groups in total. The number of aliphatic hydroxyl groups excluding tert-OH is 1. The number of aliphatic hydroxyl groups is 1. The number of para-hydroxylation sites is 2. The van der Waals surface area contributed by atoms with Gasteiger partial charge in [0.1, 0.15) is 0 Å². The van der Waals surface area contributed by atoms with Crippen molar-refractivity contribution in [3.05, 3.63) is 111 Å². The fourth-order valence-corrected chi connectivity index (χ4v) is 6.05. The van der Waals surface area contributed by atoms with Crippen LogP contribution in [-0.4, -0.2) is 36.1 Å². The van der Waals surface area contributed by atoms with E-state index in [-0.39, 0.29) is 12.1 Å². The van der Waals surface area contributed by atoms with Crippen molar-refractivity contribution in [2.24, 2.45) is 0 Å². The van der Waals surface area contributed by atoms with Crippen LogP contribution < -0.4 is 0 Å². The normalized spacial score (nSPS) is 16.0. The van der Waals surface area contributed by atoms with Crippen molar-refractivity contribution in [1.29, 1.82) is 0 Å². The lowest BCUT2D eigenvalue weighted by atomic mass is 9.95. The lowest BCUT2D eigenvalue weighted by Gasteiger charge is -2.27. The second-order valence-electron chi connectivity index (χ2n) is 8.58. The monoisotopic (exact) mass is 514 g/mol. The standard InChI is InChI=1S/C27H19ClN4O3S/c1-15-25(36-27-30-19-9-2-3-10-20(19)32(15)27)23(33)21-22(17-7-4-8-18(28)12-17)31(26(35)24(21)34)14-16-6-5-11-29-13-16/h2-13,22,34H,14H2,1H3. The molecule has 0 saturated heterocycles. The number of benzene rings is 2. The molecule has 6 rings (SSSR count). The molecule has 3 aromatic heterocycles. The first-order valence-corrected chi connectivity index (χ1v) is 12.4. The van der Waals surface area contributed by atoms with Crippen LogP contribution in [0.25, 0.3) is 16.0 Å². The number of aromatic nitrogens is 3. The van der Waals surface area contributed by atoms with E-state index in [2.05, 4.69) is 9.97 Å². The molecule has 0 radical (unpaired) electrons. The summed E-state index contributed by atoms with van der Waals surface area (Å²) in [6, 6.07) is 17.5. The summed E-state index contributed by atoms with van der Waals surface area (Å²) in [6.07, 6.45) is 3.30. The molecule has 1 unspecified atom stereocenters. The number of carbonyl (C=O) groups excluding carboxylic acids is 2. The van der Waals surface area contributed by atoms with Gasteiger partial charge in [0.2, 0.25) is 5.78 Å². The summed E-state index contributed by atoms with van der Waals surface area (Å²) in [5, 5.41) is 11.5. The zero-order valence-electron chi connectivity index (χ0n) is 19.1. The zero-order chi connectivity index (χ0) is 25.0. The second kappa shape index (κ2) is 8.58. The molecule has 7 nitrogen and oxygen atoms in total. The van der Waals surface area contributed by atoms with E-state index in [0.29, 0.717) is 26.1 Å². The van der Waals surface area contributed by atoms with Crippen molar-refractivity contribution >= 4 is 50.6 Å². The number of ketones is 1. The van der Waals surface area contributed by atoms with E-state index in [1.54, 1.807) is 42.7 Å². The van der Waals surface area contributed by atoms with Gasteiger partial charge in [-0.25, -0.2) is 4.98 Å². The van der Waals surface area contributed by atoms with Gasteiger partial charge in [-0.3, -0.25) is 19.0 Å². The lowest BCUT2D eigenvalue weighted by molar-refractivity contribution is -0.130. The molecule has 0 spiro atoms. The van der Waals surface area contributed by atoms with Crippen molar-refractivity contribution in [2.75, 3.05) is 0 Å². The molecule has 4 heterocycles. The number of pyridine rings is 1. The summed E-state index contributed by atoms with van der Waals surface area (Å²) < 4.78 is 1.93. The summed E-state index contributed by atoms with van der Waals surface area (Å²) >= 11 is 7.53. The maximum atomic E-state index is 14.0. The third kappa shape index (κ3) is 3.49. The predicted octanol–water partition coefficient (Wildman–Crippen LogP) is 5.68. The molecule has 1 aliphatic rings. The Morgan fingerprint density at radius 3 is 2.75 bits per heavy atom. The molecule has 1 amide bonds. The minimum absolute atomic E-state index is 0.0306. The minimum atomic E-state index is -0.811. The number of carbonyl (C=O) groups is 2. The SMILES string of the molecule is Cc1c(C(=O)C2=C(O)C(=O)N(Cc3cccnc3)C2c2cccc(Cl)c2)sc2nc3ccccc3n12.